The molecule has 1 saturated heterocycles. The minimum absolute atomic E-state index is 0.488. The maximum Gasteiger partial charge on any atom is 0.197 e. The molecule has 0 amide bonds. The molecule has 1 rings (SSSR count). The number of rotatable bonds is 0. The number of piperidine rings is 1. The Morgan fingerprint density at radius 3 is 2.20 bits per heavy atom. The van der Waals surface area contributed by atoms with E-state index in [1.54, 1.807) is 0 Å². The van der Waals surface area contributed by atoms with E-state index in [-0.39, 0.29) is 0 Å². The zero-order valence-electron chi connectivity index (χ0n) is 7.22. The van der Waals surface area contributed by atoms with Crippen LogP contribution < -0.4 is 0 Å². The van der Waals surface area contributed by atoms with Crippen molar-refractivity contribution in [2.75, 3.05) is 20.6 Å². The number of hydrogen-bond acceptors (Lipinski definition) is 1. The second kappa shape index (κ2) is 2.21. The normalized spacial score (nSPS) is 39.6. The average Bonchev–Trinajstić information content (AvgIpc) is 1.77. The van der Waals surface area contributed by atoms with Crippen molar-refractivity contribution in [3.05, 3.63) is 0 Å². The Hall–Kier alpha value is -0.0800. The van der Waals surface area contributed by atoms with Gasteiger partial charge in [-0.25, -0.2) is 0 Å². The van der Waals surface area contributed by atoms with Gasteiger partial charge in [0.2, 0.25) is 0 Å². The van der Waals surface area contributed by atoms with Crippen molar-refractivity contribution in [3.63, 3.8) is 0 Å². The van der Waals surface area contributed by atoms with Crippen LogP contribution in [0, 0.1) is 0 Å². The lowest BCUT2D eigenvalue weighted by atomic mass is 9.98. The van der Waals surface area contributed by atoms with Crippen molar-refractivity contribution in [2.24, 2.45) is 0 Å². The first-order valence-corrected chi connectivity index (χ1v) is 4.01. The van der Waals surface area contributed by atoms with Gasteiger partial charge in [-0.15, -0.1) is 0 Å². The zero-order chi connectivity index (χ0) is 7.83. The van der Waals surface area contributed by atoms with Crippen LogP contribution in [-0.4, -0.2) is 36.0 Å². The number of aliphatic hydroxyl groups is 1. The third kappa shape index (κ3) is 1.18. The number of likely N-dealkylation sites (tertiary alicyclic amines) is 1. The smallest absolute Gasteiger partial charge is 0.197 e. The molecule has 1 N–H and O–H groups in total. The summed E-state index contributed by atoms with van der Waals surface area (Å²) in [4.78, 5) is 0. The van der Waals surface area contributed by atoms with Crippen molar-refractivity contribution < 1.29 is 9.59 Å². The van der Waals surface area contributed by atoms with Crippen molar-refractivity contribution in [2.45, 2.75) is 31.9 Å². The van der Waals surface area contributed by atoms with E-state index in [1.807, 2.05) is 6.92 Å². The van der Waals surface area contributed by atoms with Crippen LogP contribution in [0.15, 0.2) is 0 Å². The van der Waals surface area contributed by atoms with Crippen molar-refractivity contribution in [1.29, 1.82) is 0 Å². The Bertz CT molecular complexity index is 113. The molecule has 2 heteroatoms. The molecule has 60 valence electrons. The summed E-state index contributed by atoms with van der Waals surface area (Å²) in [5, 5.41) is 9.87. The van der Waals surface area contributed by atoms with Crippen molar-refractivity contribution in [1.82, 2.24) is 0 Å². The van der Waals surface area contributed by atoms with Gasteiger partial charge < -0.3 is 9.59 Å². The van der Waals surface area contributed by atoms with Gasteiger partial charge in [0.05, 0.1) is 20.6 Å². The maximum absolute atomic E-state index is 9.87. The van der Waals surface area contributed by atoms with Gasteiger partial charge >= 0.3 is 0 Å². The highest BCUT2D eigenvalue weighted by atomic mass is 16.3. The predicted molar refractivity (Wildman–Crippen MR) is 41.5 cm³/mol. The van der Waals surface area contributed by atoms with Crippen LogP contribution in [0.4, 0.5) is 0 Å². The summed E-state index contributed by atoms with van der Waals surface area (Å²) in [6.45, 7) is 3.04. The van der Waals surface area contributed by atoms with Crippen LogP contribution >= 0.6 is 0 Å². The fourth-order valence-electron chi connectivity index (χ4n) is 1.51. The molecule has 0 bridgehead atoms. The molecular formula is C8H18NO+. The van der Waals surface area contributed by atoms with Gasteiger partial charge in [-0.2, -0.15) is 0 Å². The second-order valence-corrected chi connectivity index (χ2v) is 4.08. The topological polar surface area (TPSA) is 20.2 Å². The van der Waals surface area contributed by atoms with Gasteiger partial charge in [0, 0.05) is 13.3 Å². The maximum atomic E-state index is 9.87. The van der Waals surface area contributed by atoms with Crippen LogP contribution in [-0.2, 0) is 0 Å². The summed E-state index contributed by atoms with van der Waals surface area (Å²) in [5.41, 5.74) is -0.488. The average molecular weight is 144 g/mol. The van der Waals surface area contributed by atoms with Crippen molar-refractivity contribution >= 4 is 0 Å². The fraction of sp³-hybridized carbons (Fsp3) is 1.00. The first-order chi connectivity index (χ1) is 4.46. The van der Waals surface area contributed by atoms with E-state index >= 15 is 0 Å². The van der Waals surface area contributed by atoms with Crippen LogP contribution in [0.5, 0.6) is 0 Å². The first-order valence-electron chi connectivity index (χ1n) is 4.01. The first kappa shape index (κ1) is 8.02. The van der Waals surface area contributed by atoms with Crippen LogP contribution in [0.3, 0.4) is 0 Å². The van der Waals surface area contributed by atoms with Gasteiger partial charge in [-0.3, -0.25) is 0 Å². The SMILES string of the molecule is CC1(O)CCCC[N+]1(C)C. The summed E-state index contributed by atoms with van der Waals surface area (Å²) in [7, 11) is 4.19. The fourth-order valence-corrected chi connectivity index (χ4v) is 1.51. The van der Waals surface area contributed by atoms with Gasteiger partial charge in [-0.1, -0.05) is 0 Å². The summed E-state index contributed by atoms with van der Waals surface area (Å²) < 4.78 is 0.757. The zero-order valence-corrected chi connectivity index (χ0v) is 7.22. The van der Waals surface area contributed by atoms with E-state index in [0.717, 1.165) is 17.4 Å². The lowest BCUT2D eigenvalue weighted by Crippen LogP contribution is -2.60. The molecule has 0 spiro atoms. The quantitative estimate of drug-likeness (QED) is 0.502. The Labute approximate surface area is 63.1 Å². The van der Waals surface area contributed by atoms with Crippen LogP contribution in [0.25, 0.3) is 0 Å². The summed E-state index contributed by atoms with van der Waals surface area (Å²) in [6.07, 6.45) is 3.37. The molecule has 2 nitrogen and oxygen atoms in total. The molecule has 1 atom stereocenters. The number of quaternary nitrogens is 1. The highest BCUT2D eigenvalue weighted by molar-refractivity contribution is 4.65. The largest absolute Gasteiger partial charge is 0.343 e. The van der Waals surface area contributed by atoms with Gasteiger partial charge in [0.1, 0.15) is 0 Å². The molecule has 1 aliphatic heterocycles. The minimum Gasteiger partial charge on any atom is -0.343 e. The molecule has 0 aromatic rings. The van der Waals surface area contributed by atoms with E-state index < -0.39 is 5.72 Å². The van der Waals surface area contributed by atoms with E-state index in [0.29, 0.717) is 0 Å². The number of hydrogen-bond donors (Lipinski definition) is 1. The van der Waals surface area contributed by atoms with E-state index in [9.17, 15) is 5.11 Å². The highest BCUT2D eigenvalue weighted by Gasteiger charge is 2.40. The molecule has 1 unspecified atom stereocenters. The monoisotopic (exact) mass is 144 g/mol. The number of nitrogens with zero attached hydrogens (tertiary/aromatic N) is 1. The van der Waals surface area contributed by atoms with Crippen LogP contribution in [0.1, 0.15) is 26.2 Å². The molecule has 0 aromatic carbocycles. The van der Waals surface area contributed by atoms with E-state index in [2.05, 4.69) is 14.1 Å². The second-order valence-electron chi connectivity index (χ2n) is 4.08. The Balaban J connectivity index is 2.70. The molecular weight excluding hydrogens is 126 g/mol. The van der Waals surface area contributed by atoms with Crippen LogP contribution in [0.2, 0.25) is 0 Å². The molecule has 10 heavy (non-hydrogen) atoms. The molecule has 1 aliphatic rings. The summed E-state index contributed by atoms with van der Waals surface area (Å²) in [6, 6.07) is 0. The Kier molecular flexibility index (Phi) is 1.77. The highest BCUT2D eigenvalue weighted by Crippen LogP contribution is 2.28. The molecule has 1 heterocycles. The third-order valence-corrected chi connectivity index (χ3v) is 2.92. The Morgan fingerprint density at radius 1 is 1.30 bits per heavy atom. The third-order valence-electron chi connectivity index (χ3n) is 2.92. The van der Waals surface area contributed by atoms with Gasteiger partial charge in [0.25, 0.3) is 0 Å². The molecule has 0 saturated carbocycles. The molecule has 0 aromatic heterocycles. The lowest BCUT2D eigenvalue weighted by molar-refractivity contribution is -0.970. The van der Waals surface area contributed by atoms with Gasteiger partial charge in [-0.05, 0) is 12.8 Å². The standard InChI is InChI=1S/C8H18NO/c1-8(10)6-4-5-7-9(8,2)3/h10H,4-7H2,1-3H3/q+1. The van der Waals surface area contributed by atoms with Gasteiger partial charge in [0.15, 0.2) is 5.72 Å². The minimum atomic E-state index is -0.488. The van der Waals surface area contributed by atoms with E-state index in [1.165, 1.54) is 12.8 Å². The predicted octanol–water partition coefficient (Wildman–Crippen LogP) is 0.955. The summed E-state index contributed by atoms with van der Waals surface area (Å²) in [5.74, 6) is 0. The van der Waals surface area contributed by atoms with Crippen molar-refractivity contribution in [3.8, 4) is 0 Å². The summed E-state index contributed by atoms with van der Waals surface area (Å²) >= 11 is 0. The Morgan fingerprint density at radius 2 is 1.90 bits per heavy atom. The molecule has 0 aliphatic carbocycles. The molecule has 0 radical (unpaired) electrons. The molecule has 1 fully saturated rings. The lowest BCUT2D eigenvalue weighted by Gasteiger charge is -2.46. The van der Waals surface area contributed by atoms with E-state index in [4.69, 9.17) is 0 Å².